The molecule has 0 aliphatic carbocycles. The molecule has 0 bridgehead atoms. The summed E-state index contributed by atoms with van der Waals surface area (Å²) in [5.74, 6) is -0.0648. The first-order valence-electron chi connectivity index (χ1n) is 9.34. The van der Waals surface area contributed by atoms with Crippen LogP contribution in [0.3, 0.4) is 0 Å². The second-order valence-electron chi connectivity index (χ2n) is 6.84. The largest absolute Gasteiger partial charge is 0.335 e. The van der Waals surface area contributed by atoms with Crippen molar-refractivity contribution in [3.05, 3.63) is 96.3 Å². The SMILES string of the molecule is CN(Cc1ccccn1)C(=O)C1=NN(c2ccccc2)C(c2ccccc2)C1. The lowest BCUT2D eigenvalue weighted by Crippen LogP contribution is -2.32. The van der Waals surface area contributed by atoms with Crippen LogP contribution in [0.25, 0.3) is 0 Å². The number of rotatable bonds is 5. The van der Waals surface area contributed by atoms with Gasteiger partial charge in [-0.25, -0.2) is 0 Å². The lowest BCUT2D eigenvalue weighted by atomic mass is 10.0. The van der Waals surface area contributed by atoms with Gasteiger partial charge in [-0.05, 0) is 29.8 Å². The number of hydrazone groups is 1. The van der Waals surface area contributed by atoms with E-state index < -0.39 is 0 Å². The van der Waals surface area contributed by atoms with Crippen LogP contribution >= 0.6 is 0 Å². The van der Waals surface area contributed by atoms with Crippen LogP contribution in [0.2, 0.25) is 0 Å². The standard InChI is InChI=1S/C23H22N4O/c1-26(17-19-12-8-9-15-24-19)23(28)21-16-22(18-10-4-2-5-11-18)27(25-21)20-13-6-3-7-14-20/h2-15,22H,16-17H2,1H3. The van der Waals surface area contributed by atoms with Crippen LogP contribution in [0.15, 0.2) is 90.2 Å². The molecule has 0 N–H and O–H groups in total. The molecular weight excluding hydrogens is 348 g/mol. The number of anilines is 1. The van der Waals surface area contributed by atoms with Crippen molar-refractivity contribution in [2.75, 3.05) is 12.1 Å². The van der Waals surface area contributed by atoms with Gasteiger partial charge in [0.05, 0.1) is 24.0 Å². The number of hydrogen-bond donors (Lipinski definition) is 0. The number of aromatic nitrogens is 1. The second-order valence-corrected chi connectivity index (χ2v) is 6.84. The van der Waals surface area contributed by atoms with Gasteiger partial charge in [-0.1, -0.05) is 54.6 Å². The maximum absolute atomic E-state index is 13.0. The highest BCUT2D eigenvalue weighted by Gasteiger charge is 2.33. The number of amides is 1. The van der Waals surface area contributed by atoms with E-state index in [0.717, 1.165) is 16.9 Å². The third-order valence-electron chi connectivity index (χ3n) is 4.83. The van der Waals surface area contributed by atoms with Crippen molar-refractivity contribution >= 4 is 17.3 Å². The lowest BCUT2D eigenvalue weighted by molar-refractivity contribution is -0.123. The van der Waals surface area contributed by atoms with Crippen LogP contribution in [-0.4, -0.2) is 28.6 Å². The molecule has 28 heavy (non-hydrogen) atoms. The summed E-state index contributed by atoms with van der Waals surface area (Å²) in [5.41, 5.74) is 3.55. The van der Waals surface area contributed by atoms with E-state index in [1.165, 1.54) is 0 Å². The van der Waals surface area contributed by atoms with Crippen molar-refractivity contribution in [1.82, 2.24) is 9.88 Å². The van der Waals surface area contributed by atoms with Crippen molar-refractivity contribution in [2.24, 2.45) is 5.10 Å². The molecule has 5 heteroatoms. The zero-order chi connectivity index (χ0) is 19.3. The van der Waals surface area contributed by atoms with E-state index in [4.69, 9.17) is 5.10 Å². The Hall–Kier alpha value is -3.47. The summed E-state index contributed by atoms with van der Waals surface area (Å²) in [5, 5.41) is 6.67. The van der Waals surface area contributed by atoms with Crippen molar-refractivity contribution in [1.29, 1.82) is 0 Å². The van der Waals surface area contributed by atoms with Gasteiger partial charge in [0.25, 0.3) is 5.91 Å². The summed E-state index contributed by atoms with van der Waals surface area (Å²) < 4.78 is 0. The van der Waals surface area contributed by atoms with Gasteiger partial charge < -0.3 is 4.90 Å². The Morgan fingerprint density at radius 3 is 2.36 bits per heavy atom. The molecule has 4 rings (SSSR count). The van der Waals surface area contributed by atoms with E-state index in [2.05, 4.69) is 17.1 Å². The molecule has 140 valence electrons. The number of benzene rings is 2. The van der Waals surface area contributed by atoms with Crippen molar-refractivity contribution < 1.29 is 4.79 Å². The third kappa shape index (κ3) is 3.78. The fraction of sp³-hybridized carbons (Fsp3) is 0.174. The number of carbonyl (C=O) groups excluding carboxylic acids is 1. The van der Waals surface area contributed by atoms with Gasteiger partial charge >= 0.3 is 0 Å². The summed E-state index contributed by atoms with van der Waals surface area (Å²) in [7, 11) is 1.79. The molecule has 1 atom stereocenters. The van der Waals surface area contributed by atoms with Crippen LogP contribution in [0.1, 0.15) is 23.7 Å². The van der Waals surface area contributed by atoms with Gasteiger partial charge in [0.2, 0.25) is 0 Å². The zero-order valence-electron chi connectivity index (χ0n) is 15.8. The molecule has 0 fully saturated rings. The van der Waals surface area contributed by atoms with E-state index >= 15 is 0 Å². The average Bonchev–Trinajstić information content (AvgIpc) is 3.20. The summed E-state index contributed by atoms with van der Waals surface area (Å²) in [6.45, 7) is 0.458. The van der Waals surface area contributed by atoms with Crippen LogP contribution in [0.4, 0.5) is 5.69 Å². The molecule has 1 aromatic heterocycles. The van der Waals surface area contributed by atoms with Crippen LogP contribution in [0, 0.1) is 0 Å². The molecule has 5 nitrogen and oxygen atoms in total. The Labute approximate surface area is 164 Å². The Morgan fingerprint density at radius 1 is 1.00 bits per heavy atom. The molecule has 3 aromatic rings. The highest BCUT2D eigenvalue weighted by atomic mass is 16.2. The minimum Gasteiger partial charge on any atom is -0.335 e. The molecule has 0 radical (unpaired) electrons. The first kappa shape index (κ1) is 17.9. The fourth-order valence-electron chi connectivity index (χ4n) is 3.42. The van der Waals surface area contributed by atoms with Gasteiger partial charge in [0, 0.05) is 19.7 Å². The predicted octanol–water partition coefficient (Wildman–Crippen LogP) is 4.05. The minimum absolute atomic E-state index is 0.00537. The first-order chi connectivity index (χ1) is 13.7. The molecule has 0 saturated carbocycles. The van der Waals surface area contributed by atoms with Gasteiger partial charge in [-0.3, -0.25) is 14.8 Å². The molecule has 1 unspecified atom stereocenters. The highest BCUT2D eigenvalue weighted by molar-refractivity contribution is 6.39. The predicted molar refractivity (Wildman–Crippen MR) is 111 cm³/mol. The number of carbonyl (C=O) groups is 1. The zero-order valence-corrected chi connectivity index (χ0v) is 15.8. The molecule has 1 aliphatic heterocycles. The maximum Gasteiger partial charge on any atom is 0.270 e. The Kier molecular flexibility index (Phi) is 5.15. The monoisotopic (exact) mass is 370 g/mol. The fourth-order valence-corrected chi connectivity index (χ4v) is 3.42. The molecule has 2 heterocycles. The van der Waals surface area contributed by atoms with Gasteiger partial charge in [-0.2, -0.15) is 5.10 Å². The van der Waals surface area contributed by atoms with E-state index in [1.54, 1.807) is 18.1 Å². The molecule has 1 aliphatic rings. The molecule has 1 amide bonds. The topological polar surface area (TPSA) is 48.8 Å². The van der Waals surface area contributed by atoms with Crippen LogP contribution < -0.4 is 5.01 Å². The average molecular weight is 370 g/mol. The van der Waals surface area contributed by atoms with Crippen molar-refractivity contribution in [3.63, 3.8) is 0 Å². The van der Waals surface area contributed by atoms with E-state index in [0.29, 0.717) is 18.7 Å². The molecule has 0 spiro atoms. The lowest BCUT2D eigenvalue weighted by Gasteiger charge is -2.23. The summed E-state index contributed by atoms with van der Waals surface area (Å²) in [4.78, 5) is 19.0. The molecule has 2 aromatic carbocycles. The number of pyridine rings is 1. The number of hydrogen-bond acceptors (Lipinski definition) is 4. The quantitative estimate of drug-likeness (QED) is 0.681. The summed E-state index contributed by atoms with van der Waals surface area (Å²) >= 11 is 0. The number of nitrogens with zero attached hydrogens (tertiary/aromatic N) is 4. The first-order valence-corrected chi connectivity index (χ1v) is 9.34. The summed E-state index contributed by atoms with van der Waals surface area (Å²) in [6, 6.07) is 25.9. The summed E-state index contributed by atoms with van der Waals surface area (Å²) in [6.07, 6.45) is 2.31. The smallest absolute Gasteiger partial charge is 0.270 e. The van der Waals surface area contributed by atoms with Crippen LogP contribution in [-0.2, 0) is 11.3 Å². The third-order valence-corrected chi connectivity index (χ3v) is 4.83. The Bertz CT molecular complexity index is 958. The molecule has 0 saturated heterocycles. The van der Waals surface area contributed by atoms with Crippen LogP contribution in [0.5, 0.6) is 0 Å². The Morgan fingerprint density at radius 2 is 1.68 bits per heavy atom. The second kappa shape index (κ2) is 8.05. The highest BCUT2D eigenvalue weighted by Crippen LogP contribution is 2.35. The maximum atomic E-state index is 13.0. The van der Waals surface area contributed by atoms with Crippen molar-refractivity contribution in [3.8, 4) is 0 Å². The van der Waals surface area contributed by atoms with Gasteiger partial charge in [0.1, 0.15) is 5.71 Å². The van der Waals surface area contributed by atoms with E-state index in [1.807, 2.05) is 71.7 Å². The Balaban J connectivity index is 1.59. The van der Waals surface area contributed by atoms with E-state index in [-0.39, 0.29) is 11.9 Å². The minimum atomic E-state index is -0.0648. The van der Waals surface area contributed by atoms with Crippen molar-refractivity contribution in [2.45, 2.75) is 19.0 Å². The van der Waals surface area contributed by atoms with E-state index in [9.17, 15) is 4.79 Å². The molecular formula is C23H22N4O. The van der Waals surface area contributed by atoms with Gasteiger partial charge in [-0.15, -0.1) is 0 Å². The normalized spacial score (nSPS) is 16.0. The van der Waals surface area contributed by atoms with Gasteiger partial charge in [0.15, 0.2) is 0 Å². The number of para-hydroxylation sites is 1.